The predicted octanol–water partition coefficient (Wildman–Crippen LogP) is 4.19. The lowest BCUT2D eigenvalue weighted by Crippen LogP contribution is -2.34. The first-order valence-corrected chi connectivity index (χ1v) is 8.29. The Balaban J connectivity index is 0.00000176. The van der Waals surface area contributed by atoms with Gasteiger partial charge < -0.3 is 10.1 Å². The van der Waals surface area contributed by atoms with Crippen molar-refractivity contribution in [1.82, 2.24) is 10.3 Å². The number of benzene rings is 1. The van der Waals surface area contributed by atoms with Crippen LogP contribution >= 0.6 is 23.7 Å². The second kappa shape index (κ2) is 7.09. The van der Waals surface area contributed by atoms with Crippen LogP contribution in [0.2, 0.25) is 0 Å². The summed E-state index contributed by atoms with van der Waals surface area (Å²) in [5, 5.41) is 6.70. The molecular weight excluding hydrogens is 316 g/mol. The fourth-order valence-electron chi connectivity index (χ4n) is 2.45. The molecule has 1 atom stereocenters. The van der Waals surface area contributed by atoms with Crippen molar-refractivity contribution in [3.63, 3.8) is 0 Å². The molecular formula is C17H23ClN2OS. The highest BCUT2D eigenvalue weighted by Crippen LogP contribution is 2.29. The lowest BCUT2D eigenvalue weighted by atomic mass is 9.86. The molecule has 120 valence electrons. The average molecular weight is 339 g/mol. The van der Waals surface area contributed by atoms with Crippen LogP contribution in [0.1, 0.15) is 37.4 Å². The summed E-state index contributed by atoms with van der Waals surface area (Å²) in [6.45, 7) is 9.12. The monoisotopic (exact) mass is 338 g/mol. The maximum absolute atomic E-state index is 5.51. The Labute approximate surface area is 142 Å². The predicted molar refractivity (Wildman–Crippen MR) is 95.1 cm³/mol. The van der Waals surface area contributed by atoms with Gasteiger partial charge in [-0.25, -0.2) is 4.98 Å². The number of nitrogens with one attached hydrogen (secondary N) is 1. The van der Waals surface area contributed by atoms with Crippen LogP contribution in [0.25, 0.3) is 11.3 Å². The molecule has 0 saturated carbocycles. The standard InChI is InChI=1S/C17H22N2OS.ClH/c1-17(2,3)13-6-4-12(5-7-13)15-11-21-16(19-15)14-10-20-9-8-18-14;/h4-7,11,14,18H,8-10H2,1-3H3;1H. The summed E-state index contributed by atoms with van der Waals surface area (Å²) in [6.07, 6.45) is 0. The molecule has 3 rings (SSSR count). The second-order valence-corrected chi connectivity index (χ2v) is 7.37. The van der Waals surface area contributed by atoms with Gasteiger partial charge in [0.2, 0.25) is 0 Å². The van der Waals surface area contributed by atoms with E-state index in [1.807, 2.05) is 0 Å². The zero-order valence-electron chi connectivity index (χ0n) is 13.3. The SMILES string of the molecule is CC(C)(C)c1ccc(-c2csc(C3COCCN3)n2)cc1.Cl. The van der Waals surface area contributed by atoms with Crippen LogP contribution in [-0.4, -0.2) is 24.7 Å². The first kappa shape index (κ1) is 17.4. The third-order valence-corrected chi connectivity index (χ3v) is 4.75. The molecule has 0 radical (unpaired) electrons. The minimum Gasteiger partial charge on any atom is -0.378 e. The van der Waals surface area contributed by atoms with E-state index in [0.29, 0.717) is 0 Å². The normalized spacial score (nSPS) is 18.8. The summed E-state index contributed by atoms with van der Waals surface area (Å²) in [7, 11) is 0. The Morgan fingerprint density at radius 3 is 2.55 bits per heavy atom. The number of aromatic nitrogens is 1. The molecule has 0 bridgehead atoms. The number of ether oxygens (including phenoxy) is 1. The molecule has 1 aliphatic heterocycles. The molecule has 1 aromatic heterocycles. The molecule has 1 aromatic carbocycles. The minimum absolute atomic E-state index is 0. The molecule has 22 heavy (non-hydrogen) atoms. The largest absolute Gasteiger partial charge is 0.378 e. The van der Waals surface area contributed by atoms with Crippen LogP contribution in [0.15, 0.2) is 29.6 Å². The van der Waals surface area contributed by atoms with Crippen molar-refractivity contribution >= 4 is 23.7 Å². The van der Waals surface area contributed by atoms with Crippen molar-refractivity contribution in [1.29, 1.82) is 0 Å². The first-order valence-electron chi connectivity index (χ1n) is 7.41. The molecule has 0 spiro atoms. The Kier molecular flexibility index (Phi) is 5.61. The van der Waals surface area contributed by atoms with Crippen molar-refractivity contribution in [3.05, 3.63) is 40.2 Å². The van der Waals surface area contributed by atoms with Gasteiger partial charge in [0.25, 0.3) is 0 Å². The Morgan fingerprint density at radius 1 is 1.23 bits per heavy atom. The molecule has 1 N–H and O–H groups in total. The fraction of sp³-hybridized carbons (Fsp3) is 0.471. The maximum atomic E-state index is 5.51. The molecule has 1 unspecified atom stereocenters. The molecule has 0 amide bonds. The minimum atomic E-state index is 0. The van der Waals surface area contributed by atoms with Gasteiger partial charge in [-0.3, -0.25) is 0 Å². The topological polar surface area (TPSA) is 34.1 Å². The maximum Gasteiger partial charge on any atom is 0.113 e. The molecule has 2 heterocycles. The lowest BCUT2D eigenvalue weighted by Gasteiger charge is -2.21. The zero-order valence-corrected chi connectivity index (χ0v) is 14.9. The number of hydrogen-bond donors (Lipinski definition) is 1. The van der Waals surface area contributed by atoms with Gasteiger partial charge in [-0.1, -0.05) is 45.0 Å². The molecule has 1 fully saturated rings. The van der Waals surface area contributed by atoms with Crippen LogP contribution in [0, 0.1) is 0 Å². The highest BCUT2D eigenvalue weighted by Gasteiger charge is 2.19. The van der Waals surface area contributed by atoms with Gasteiger partial charge in [-0.05, 0) is 11.0 Å². The highest BCUT2D eigenvalue weighted by atomic mass is 35.5. The third kappa shape index (κ3) is 3.87. The summed E-state index contributed by atoms with van der Waals surface area (Å²) in [5.41, 5.74) is 3.78. The van der Waals surface area contributed by atoms with Crippen molar-refractivity contribution < 1.29 is 4.74 Å². The summed E-state index contributed by atoms with van der Waals surface area (Å²) in [4.78, 5) is 4.77. The highest BCUT2D eigenvalue weighted by molar-refractivity contribution is 7.10. The van der Waals surface area contributed by atoms with Crippen molar-refractivity contribution in [2.45, 2.75) is 32.2 Å². The summed E-state index contributed by atoms with van der Waals surface area (Å²) in [6, 6.07) is 8.99. The molecule has 1 saturated heterocycles. The Bertz CT molecular complexity index is 598. The Morgan fingerprint density at radius 2 is 1.95 bits per heavy atom. The van der Waals surface area contributed by atoms with Gasteiger partial charge in [0.05, 0.1) is 24.9 Å². The number of thiazole rings is 1. The van der Waals surface area contributed by atoms with E-state index in [-0.39, 0.29) is 23.9 Å². The fourth-order valence-corrected chi connectivity index (χ4v) is 3.33. The van der Waals surface area contributed by atoms with Crippen molar-refractivity contribution in [3.8, 4) is 11.3 Å². The van der Waals surface area contributed by atoms with Gasteiger partial charge in [0.15, 0.2) is 0 Å². The summed E-state index contributed by atoms with van der Waals surface area (Å²) < 4.78 is 5.51. The smallest absolute Gasteiger partial charge is 0.113 e. The summed E-state index contributed by atoms with van der Waals surface area (Å²) in [5.74, 6) is 0. The van der Waals surface area contributed by atoms with Crippen LogP contribution in [0.3, 0.4) is 0 Å². The molecule has 1 aliphatic rings. The van der Waals surface area contributed by atoms with E-state index in [1.54, 1.807) is 11.3 Å². The van der Waals surface area contributed by atoms with Crippen molar-refractivity contribution in [2.75, 3.05) is 19.8 Å². The number of morpholine rings is 1. The van der Waals surface area contributed by atoms with E-state index in [1.165, 1.54) is 11.1 Å². The van der Waals surface area contributed by atoms with E-state index in [9.17, 15) is 0 Å². The van der Waals surface area contributed by atoms with E-state index >= 15 is 0 Å². The zero-order chi connectivity index (χ0) is 14.9. The van der Waals surface area contributed by atoms with E-state index in [4.69, 9.17) is 9.72 Å². The average Bonchev–Trinajstić information content (AvgIpc) is 2.97. The molecule has 5 heteroatoms. The van der Waals surface area contributed by atoms with Gasteiger partial charge in [-0.15, -0.1) is 23.7 Å². The lowest BCUT2D eigenvalue weighted by molar-refractivity contribution is 0.0768. The molecule has 2 aromatic rings. The Hall–Kier alpha value is -0.940. The first-order chi connectivity index (χ1) is 10.0. The molecule has 3 nitrogen and oxygen atoms in total. The quantitative estimate of drug-likeness (QED) is 0.891. The van der Waals surface area contributed by atoms with Gasteiger partial charge in [-0.2, -0.15) is 0 Å². The van der Waals surface area contributed by atoms with E-state index in [2.05, 4.69) is 55.7 Å². The van der Waals surface area contributed by atoms with Crippen LogP contribution in [0.5, 0.6) is 0 Å². The second-order valence-electron chi connectivity index (χ2n) is 6.48. The third-order valence-electron chi connectivity index (χ3n) is 3.79. The van der Waals surface area contributed by atoms with Crippen LogP contribution in [-0.2, 0) is 10.2 Å². The van der Waals surface area contributed by atoms with Gasteiger partial charge >= 0.3 is 0 Å². The van der Waals surface area contributed by atoms with Gasteiger partial charge in [0.1, 0.15) is 5.01 Å². The van der Waals surface area contributed by atoms with Crippen LogP contribution in [0.4, 0.5) is 0 Å². The van der Waals surface area contributed by atoms with Crippen molar-refractivity contribution in [2.24, 2.45) is 0 Å². The van der Waals surface area contributed by atoms with Crippen LogP contribution < -0.4 is 5.32 Å². The number of halogens is 1. The summed E-state index contributed by atoms with van der Waals surface area (Å²) >= 11 is 1.71. The number of hydrogen-bond acceptors (Lipinski definition) is 4. The van der Waals surface area contributed by atoms with Gasteiger partial charge in [0, 0.05) is 17.5 Å². The van der Waals surface area contributed by atoms with E-state index in [0.717, 1.165) is 30.5 Å². The van der Waals surface area contributed by atoms with E-state index < -0.39 is 0 Å². The number of nitrogens with zero attached hydrogens (tertiary/aromatic N) is 1. The number of rotatable bonds is 2. The molecule has 0 aliphatic carbocycles.